The van der Waals surface area contributed by atoms with Gasteiger partial charge in [0.1, 0.15) is 12.1 Å². The molecule has 0 saturated heterocycles. The quantitative estimate of drug-likeness (QED) is 0.748. The standard InChI is InChI=1S/C16H17N5O2/c1-11-20-16(21-23-11)13-5-3-12(4-6-13)8-17-15-7-14(9-22-2)18-10-19-15/h3-7,10H,8-9H2,1-2H3,(H,17,18,19). The minimum Gasteiger partial charge on any atom is -0.378 e. The van der Waals surface area contributed by atoms with Crippen LogP contribution in [-0.4, -0.2) is 27.2 Å². The minimum atomic E-state index is 0.468. The molecule has 3 aromatic rings. The van der Waals surface area contributed by atoms with E-state index in [1.807, 2.05) is 30.3 Å². The average molecular weight is 311 g/mol. The van der Waals surface area contributed by atoms with Crippen molar-refractivity contribution in [2.45, 2.75) is 20.1 Å². The molecule has 7 nitrogen and oxygen atoms in total. The normalized spacial score (nSPS) is 10.7. The third-order valence-electron chi connectivity index (χ3n) is 3.23. The molecule has 1 aromatic carbocycles. The van der Waals surface area contributed by atoms with Gasteiger partial charge in [0.25, 0.3) is 0 Å². The number of hydrogen-bond donors (Lipinski definition) is 1. The molecule has 0 aliphatic heterocycles. The van der Waals surface area contributed by atoms with Crippen LogP contribution in [0.15, 0.2) is 41.2 Å². The number of aryl methyl sites for hydroxylation is 1. The molecule has 0 radical (unpaired) electrons. The molecule has 0 amide bonds. The highest BCUT2D eigenvalue weighted by Crippen LogP contribution is 2.17. The monoisotopic (exact) mass is 311 g/mol. The Kier molecular flexibility index (Phi) is 4.58. The summed E-state index contributed by atoms with van der Waals surface area (Å²) in [5, 5.41) is 7.17. The molecule has 0 aliphatic carbocycles. The summed E-state index contributed by atoms with van der Waals surface area (Å²) in [6.45, 7) is 2.90. The molecule has 2 heterocycles. The molecule has 1 N–H and O–H groups in total. The van der Waals surface area contributed by atoms with E-state index in [4.69, 9.17) is 9.26 Å². The molecular weight excluding hydrogens is 294 g/mol. The van der Waals surface area contributed by atoms with Crippen LogP contribution >= 0.6 is 0 Å². The van der Waals surface area contributed by atoms with Gasteiger partial charge >= 0.3 is 0 Å². The van der Waals surface area contributed by atoms with Crippen molar-refractivity contribution < 1.29 is 9.26 Å². The third kappa shape index (κ3) is 3.89. The van der Waals surface area contributed by atoms with Gasteiger partial charge in [-0.05, 0) is 5.56 Å². The van der Waals surface area contributed by atoms with Crippen molar-refractivity contribution in [1.82, 2.24) is 20.1 Å². The SMILES string of the molecule is COCc1cc(NCc2ccc(-c3noc(C)n3)cc2)ncn1. The molecule has 0 fully saturated rings. The van der Waals surface area contributed by atoms with E-state index in [2.05, 4.69) is 25.4 Å². The van der Waals surface area contributed by atoms with Gasteiger partial charge < -0.3 is 14.6 Å². The van der Waals surface area contributed by atoms with E-state index in [-0.39, 0.29) is 0 Å². The maximum Gasteiger partial charge on any atom is 0.223 e. The van der Waals surface area contributed by atoms with E-state index in [9.17, 15) is 0 Å². The Balaban J connectivity index is 1.63. The average Bonchev–Trinajstić information content (AvgIpc) is 3.01. The van der Waals surface area contributed by atoms with Crippen LogP contribution in [0.4, 0.5) is 5.82 Å². The van der Waals surface area contributed by atoms with Crippen LogP contribution in [0.3, 0.4) is 0 Å². The number of rotatable bonds is 6. The number of nitrogens with one attached hydrogen (secondary N) is 1. The Bertz CT molecular complexity index is 770. The molecular formula is C16H17N5O2. The van der Waals surface area contributed by atoms with Crippen LogP contribution in [0.25, 0.3) is 11.4 Å². The summed E-state index contributed by atoms with van der Waals surface area (Å²) >= 11 is 0. The second-order valence-electron chi connectivity index (χ2n) is 5.02. The number of methoxy groups -OCH3 is 1. The number of hydrogen-bond acceptors (Lipinski definition) is 7. The fraction of sp³-hybridized carbons (Fsp3) is 0.250. The fourth-order valence-corrected chi connectivity index (χ4v) is 2.10. The molecule has 0 aliphatic rings. The van der Waals surface area contributed by atoms with Gasteiger partial charge in [-0.3, -0.25) is 0 Å². The Labute approximate surface area is 133 Å². The fourth-order valence-electron chi connectivity index (χ4n) is 2.10. The number of anilines is 1. The van der Waals surface area contributed by atoms with Gasteiger partial charge in [0.15, 0.2) is 0 Å². The first-order valence-electron chi connectivity index (χ1n) is 7.18. The zero-order valence-corrected chi connectivity index (χ0v) is 13.0. The largest absolute Gasteiger partial charge is 0.378 e. The highest BCUT2D eigenvalue weighted by Gasteiger charge is 2.05. The Morgan fingerprint density at radius 2 is 2.00 bits per heavy atom. The molecule has 7 heteroatoms. The van der Waals surface area contributed by atoms with Crippen molar-refractivity contribution in [1.29, 1.82) is 0 Å². The second-order valence-corrected chi connectivity index (χ2v) is 5.02. The van der Waals surface area contributed by atoms with E-state index in [1.165, 1.54) is 6.33 Å². The molecule has 118 valence electrons. The van der Waals surface area contributed by atoms with Gasteiger partial charge in [-0.1, -0.05) is 29.4 Å². The topological polar surface area (TPSA) is 86.0 Å². The first kappa shape index (κ1) is 15.1. The number of benzene rings is 1. The van der Waals surface area contributed by atoms with Crippen LogP contribution in [0, 0.1) is 6.92 Å². The number of nitrogens with zero attached hydrogens (tertiary/aromatic N) is 4. The molecule has 2 aromatic heterocycles. The zero-order valence-electron chi connectivity index (χ0n) is 13.0. The van der Waals surface area contributed by atoms with Crippen LogP contribution < -0.4 is 5.32 Å². The number of ether oxygens (including phenoxy) is 1. The molecule has 0 spiro atoms. The van der Waals surface area contributed by atoms with Crippen molar-refractivity contribution in [3.63, 3.8) is 0 Å². The molecule has 0 unspecified atom stereocenters. The van der Waals surface area contributed by atoms with Gasteiger partial charge in [-0.25, -0.2) is 9.97 Å². The van der Waals surface area contributed by atoms with Crippen LogP contribution in [-0.2, 0) is 17.9 Å². The van der Waals surface area contributed by atoms with Crippen molar-refractivity contribution in [2.75, 3.05) is 12.4 Å². The van der Waals surface area contributed by atoms with Crippen molar-refractivity contribution >= 4 is 5.82 Å². The van der Waals surface area contributed by atoms with E-state index in [0.29, 0.717) is 24.9 Å². The van der Waals surface area contributed by atoms with Crippen molar-refractivity contribution in [2.24, 2.45) is 0 Å². The maximum atomic E-state index is 5.07. The lowest BCUT2D eigenvalue weighted by atomic mass is 10.1. The Morgan fingerprint density at radius 3 is 2.70 bits per heavy atom. The molecule has 23 heavy (non-hydrogen) atoms. The third-order valence-corrected chi connectivity index (χ3v) is 3.23. The summed E-state index contributed by atoms with van der Waals surface area (Å²) < 4.78 is 10.1. The second kappa shape index (κ2) is 6.97. The summed E-state index contributed by atoms with van der Waals surface area (Å²) in [5.74, 6) is 1.92. The molecule has 0 atom stereocenters. The highest BCUT2D eigenvalue weighted by atomic mass is 16.5. The lowest BCUT2D eigenvalue weighted by molar-refractivity contribution is 0.181. The zero-order chi connectivity index (χ0) is 16.1. The van der Waals surface area contributed by atoms with Crippen molar-refractivity contribution in [3.8, 4) is 11.4 Å². The van der Waals surface area contributed by atoms with Gasteiger partial charge in [-0.2, -0.15) is 4.98 Å². The Hall–Kier alpha value is -2.80. The first-order valence-corrected chi connectivity index (χ1v) is 7.18. The van der Waals surface area contributed by atoms with Gasteiger partial charge in [-0.15, -0.1) is 0 Å². The lowest BCUT2D eigenvalue weighted by Crippen LogP contribution is -2.03. The summed E-state index contributed by atoms with van der Waals surface area (Å²) in [6, 6.07) is 9.85. The summed E-state index contributed by atoms with van der Waals surface area (Å²) in [5.41, 5.74) is 2.89. The van der Waals surface area contributed by atoms with E-state index in [1.54, 1.807) is 14.0 Å². The predicted molar refractivity (Wildman–Crippen MR) is 84.5 cm³/mol. The summed E-state index contributed by atoms with van der Waals surface area (Å²) in [4.78, 5) is 12.5. The lowest BCUT2D eigenvalue weighted by Gasteiger charge is -2.07. The first-order chi connectivity index (χ1) is 11.2. The number of aromatic nitrogens is 4. The Morgan fingerprint density at radius 1 is 1.17 bits per heavy atom. The van der Waals surface area contributed by atoms with Gasteiger partial charge in [0, 0.05) is 32.2 Å². The molecule has 0 bridgehead atoms. The van der Waals surface area contributed by atoms with E-state index in [0.717, 1.165) is 22.6 Å². The van der Waals surface area contributed by atoms with E-state index < -0.39 is 0 Å². The maximum absolute atomic E-state index is 5.07. The van der Waals surface area contributed by atoms with Gasteiger partial charge in [0.2, 0.25) is 11.7 Å². The van der Waals surface area contributed by atoms with Crippen LogP contribution in [0.2, 0.25) is 0 Å². The van der Waals surface area contributed by atoms with E-state index >= 15 is 0 Å². The molecule has 0 saturated carbocycles. The van der Waals surface area contributed by atoms with Crippen molar-refractivity contribution in [3.05, 3.63) is 53.8 Å². The predicted octanol–water partition coefficient (Wildman–Crippen LogP) is 2.59. The molecule has 3 rings (SSSR count). The highest BCUT2D eigenvalue weighted by molar-refractivity contribution is 5.54. The van der Waals surface area contributed by atoms with Crippen LogP contribution in [0.1, 0.15) is 17.1 Å². The minimum absolute atomic E-state index is 0.468. The summed E-state index contributed by atoms with van der Waals surface area (Å²) in [7, 11) is 1.64. The van der Waals surface area contributed by atoms with Crippen LogP contribution in [0.5, 0.6) is 0 Å². The smallest absolute Gasteiger partial charge is 0.223 e. The summed E-state index contributed by atoms with van der Waals surface area (Å²) in [6.07, 6.45) is 1.53. The van der Waals surface area contributed by atoms with Gasteiger partial charge in [0.05, 0.1) is 12.3 Å².